The average Bonchev–Trinajstić information content (AvgIpc) is 2.59. The second-order valence-corrected chi connectivity index (χ2v) is 4.61. The third-order valence-corrected chi connectivity index (χ3v) is 2.84. The Morgan fingerprint density at radius 1 is 1.47 bits per heavy atom. The first-order valence-corrected chi connectivity index (χ1v) is 5.39. The molecule has 2 rings (SSSR count). The first-order valence-electron chi connectivity index (χ1n) is 4.64. The van der Waals surface area contributed by atoms with Crippen molar-refractivity contribution < 1.29 is 4.74 Å². The van der Waals surface area contributed by atoms with Gasteiger partial charge in [0, 0.05) is 12.7 Å². The fourth-order valence-corrected chi connectivity index (χ4v) is 1.82. The summed E-state index contributed by atoms with van der Waals surface area (Å²) < 4.78 is 5.33. The summed E-state index contributed by atoms with van der Waals surface area (Å²) in [4.78, 5) is 0. The van der Waals surface area contributed by atoms with E-state index in [0.29, 0.717) is 22.6 Å². The topological polar surface area (TPSA) is 47.0 Å². The third kappa shape index (κ3) is 2.51. The molecule has 6 heteroatoms. The molecule has 0 saturated carbocycles. The van der Waals surface area contributed by atoms with Crippen molar-refractivity contribution in [3.63, 3.8) is 0 Å². The maximum absolute atomic E-state index is 5.90. The van der Waals surface area contributed by atoms with Crippen molar-refractivity contribution in [1.29, 1.82) is 0 Å². The zero-order valence-electron chi connectivity index (χ0n) is 8.26. The predicted molar refractivity (Wildman–Crippen MR) is 59.5 cm³/mol. The van der Waals surface area contributed by atoms with Gasteiger partial charge in [-0.25, -0.2) is 0 Å². The van der Waals surface area contributed by atoms with Gasteiger partial charge < -0.3 is 10.1 Å². The van der Waals surface area contributed by atoms with E-state index < -0.39 is 0 Å². The summed E-state index contributed by atoms with van der Waals surface area (Å²) in [5, 5.41) is 11.3. The van der Waals surface area contributed by atoms with Crippen LogP contribution in [0.5, 0.6) is 0 Å². The maximum atomic E-state index is 5.90. The Hall–Kier alpha value is -0.580. The van der Waals surface area contributed by atoms with Crippen LogP contribution in [0.25, 0.3) is 0 Å². The molecule has 0 radical (unpaired) electrons. The van der Waals surface area contributed by atoms with E-state index in [-0.39, 0.29) is 5.54 Å². The molecule has 1 aliphatic heterocycles. The normalized spacial score (nSPS) is 25.5. The Labute approximate surface area is 97.9 Å². The molecule has 1 saturated heterocycles. The van der Waals surface area contributed by atoms with E-state index in [0.717, 1.165) is 13.0 Å². The number of hydrogen-bond acceptors (Lipinski definition) is 4. The lowest BCUT2D eigenvalue weighted by molar-refractivity contribution is 0.185. The number of ether oxygens (including phenoxy) is 1. The van der Waals surface area contributed by atoms with Crippen LogP contribution in [0.4, 0.5) is 5.69 Å². The van der Waals surface area contributed by atoms with Gasteiger partial charge >= 0.3 is 0 Å². The highest BCUT2D eigenvalue weighted by Crippen LogP contribution is 2.28. The molecule has 1 unspecified atom stereocenters. The highest BCUT2D eigenvalue weighted by atomic mass is 35.5. The van der Waals surface area contributed by atoms with Crippen molar-refractivity contribution in [2.45, 2.75) is 18.9 Å². The molecule has 15 heavy (non-hydrogen) atoms. The van der Waals surface area contributed by atoms with Crippen molar-refractivity contribution in [1.82, 2.24) is 10.2 Å². The van der Waals surface area contributed by atoms with Crippen LogP contribution in [0.3, 0.4) is 0 Å². The van der Waals surface area contributed by atoms with Crippen molar-refractivity contribution >= 4 is 28.9 Å². The second kappa shape index (κ2) is 4.12. The molecular formula is C9H11Cl2N3O. The minimum absolute atomic E-state index is 0.101. The standard InChI is InChI=1S/C9H11Cl2N3O/c1-9(2-3-15-5-9)12-6-4-7(10)13-14-8(6)11/h4H,2-3,5H2,1H3,(H,12,13). The molecule has 1 aromatic heterocycles. The van der Waals surface area contributed by atoms with Crippen molar-refractivity contribution in [3.05, 3.63) is 16.4 Å². The first-order chi connectivity index (χ1) is 7.09. The molecule has 1 atom stereocenters. The van der Waals surface area contributed by atoms with Gasteiger partial charge in [0.25, 0.3) is 0 Å². The van der Waals surface area contributed by atoms with Gasteiger partial charge in [-0.15, -0.1) is 10.2 Å². The van der Waals surface area contributed by atoms with Crippen LogP contribution < -0.4 is 5.32 Å². The Bertz CT molecular complexity index is 366. The van der Waals surface area contributed by atoms with E-state index in [1.807, 2.05) is 0 Å². The third-order valence-electron chi connectivity index (χ3n) is 2.37. The minimum atomic E-state index is -0.101. The Morgan fingerprint density at radius 2 is 2.27 bits per heavy atom. The SMILES string of the molecule is CC1(Nc2cc(Cl)nnc2Cl)CCOC1. The summed E-state index contributed by atoms with van der Waals surface area (Å²) in [6.45, 7) is 3.49. The van der Waals surface area contributed by atoms with Gasteiger partial charge in [-0.3, -0.25) is 0 Å². The predicted octanol–water partition coefficient (Wildman–Crippen LogP) is 2.37. The van der Waals surface area contributed by atoms with Crippen LogP contribution >= 0.6 is 23.2 Å². The van der Waals surface area contributed by atoms with Crippen LogP contribution in [0.1, 0.15) is 13.3 Å². The number of aromatic nitrogens is 2. The van der Waals surface area contributed by atoms with Gasteiger partial charge in [0.2, 0.25) is 0 Å². The molecule has 4 nitrogen and oxygen atoms in total. The lowest BCUT2D eigenvalue weighted by atomic mass is 10.0. The number of nitrogens with one attached hydrogen (secondary N) is 1. The van der Waals surface area contributed by atoms with Gasteiger partial charge in [-0.1, -0.05) is 23.2 Å². The molecule has 1 fully saturated rings. The molecule has 0 spiro atoms. The van der Waals surface area contributed by atoms with Crippen LogP contribution in [0.15, 0.2) is 6.07 Å². The Morgan fingerprint density at radius 3 is 2.93 bits per heavy atom. The second-order valence-electron chi connectivity index (χ2n) is 3.86. The van der Waals surface area contributed by atoms with Gasteiger partial charge in [0.15, 0.2) is 10.3 Å². The molecule has 2 heterocycles. The number of halogens is 2. The highest BCUT2D eigenvalue weighted by Gasteiger charge is 2.30. The Balaban J connectivity index is 2.19. The average molecular weight is 248 g/mol. The molecular weight excluding hydrogens is 237 g/mol. The molecule has 82 valence electrons. The fourth-order valence-electron chi connectivity index (χ4n) is 1.53. The summed E-state index contributed by atoms with van der Waals surface area (Å²) in [5.74, 6) is 0. The van der Waals surface area contributed by atoms with Gasteiger partial charge in [-0.2, -0.15) is 0 Å². The number of rotatable bonds is 2. The molecule has 0 amide bonds. The van der Waals surface area contributed by atoms with Crippen LogP contribution in [-0.2, 0) is 4.74 Å². The van der Waals surface area contributed by atoms with E-state index in [4.69, 9.17) is 27.9 Å². The smallest absolute Gasteiger partial charge is 0.174 e. The molecule has 0 aromatic carbocycles. The lowest BCUT2D eigenvalue weighted by Gasteiger charge is -2.25. The summed E-state index contributed by atoms with van der Waals surface area (Å²) in [6, 6.07) is 1.67. The van der Waals surface area contributed by atoms with Crippen LogP contribution in [0, 0.1) is 0 Å². The number of nitrogens with zero attached hydrogens (tertiary/aromatic N) is 2. The van der Waals surface area contributed by atoms with E-state index in [1.165, 1.54) is 0 Å². The lowest BCUT2D eigenvalue weighted by Crippen LogP contribution is -2.35. The largest absolute Gasteiger partial charge is 0.379 e. The van der Waals surface area contributed by atoms with Crippen molar-refractivity contribution in [2.75, 3.05) is 18.5 Å². The van der Waals surface area contributed by atoms with E-state index in [9.17, 15) is 0 Å². The van der Waals surface area contributed by atoms with Gasteiger partial charge in [-0.05, 0) is 13.3 Å². The highest BCUT2D eigenvalue weighted by molar-refractivity contribution is 6.33. The molecule has 0 bridgehead atoms. The minimum Gasteiger partial charge on any atom is -0.379 e. The molecule has 1 N–H and O–H groups in total. The summed E-state index contributed by atoms with van der Waals surface area (Å²) in [6.07, 6.45) is 0.934. The van der Waals surface area contributed by atoms with E-state index >= 15 is 0 Å². The molecule has 1 aliphatic rings. The Kier molecular flexibility index (Phi) is 3.00. The molecule has 0 aliphatic carbocycles. The van der Waals surface area contributed by atoms with Gasteiger partial charge in [0.05, 0.1) is 17.8 Å². The number of anilines is 1. The quantitative estimate of drug-likeness (QED) is 0.872. The van der Waals surface area contributed by atoms with E-state index in [2.05, 4.69) is 22.4 Å². The van der Waals surface area contributed by atoms with Gasteiger partial charge in [0.1, 0.15) is 0 Å². The van der Waals surface area contributed by atoms with Crippen molar-refractivity contribution in [2.24, 2.45) is 0 Å². The molecule has 1 aromatic rings. The fraction of sp³-hybridized carbons (Fsp3) is 0.556. The van der Waals surface area contributed by atoms with E-state index in [1.54, 1.807) is 6.07 Å². The van der Waals surface area contributed by atoms with Crippen LogP contribution in [-0.4, -0.2) is 29.0 Å². The van der Waals surface area contributed by atoms with Crippen molar-refractivity contribution in [3.8, 4) is 0 Å². The summed E-state index contributed by atoms with van der Waals surface area (Å²) in [7, 11) is 0. The first kappa shape index (κ1) is 10.9. The zero-order chi connectivity index (χ0) is 10.9. The summed E-state index contributed by atoms with van der Waals surface area (Å²) in [5.41, 5.74) is 0.598. The summed E-state index contributed by atoms with van der Waals surface area (Å²) >= 11 is 11.6. The zero-order valence-corrected chi connectivity index (χ0v) is 9.77. The van der Waals surface area contributed by atoms with Crippen LogP contribution in [0.2, 0.25) is 10.3 Å². The number of hydrogen-bond donors (Lipinski definition) is 1. The monoisotopic (exact) mass is 247 g/mol. The maximum Gasteiger partial charge on any atom is 0.174 e.